The van der Waals surface area contributed by atoms with E-state index in [1.807, 2.05) is 40.2 Å². The first-order valence-electron chi connectivity index (χ1n) is 21.7. The summed E-state index contributed by atoms with van der Waals surface area (Å²) in [6.45, 7) is 7.93. The zero-order chi connectivity index (χ0) is 44.8. The zero-order valence-corrected chi connectivity index (χ0v) is 38.4. The fourth-order valence-corrected chi connectivity index (χ4v) is 6.55. The fraction of sp³-hybridized carbons (Fsp3) is 0.652. The molecule has 0 saturated heterocycles. The minimum Gasteiger partial charge on any atom is -0.466 e. The molecule has 14 heteroatoms. The molecule has 0 aliphatic rings. The molecular formula is C46H77NO12P+. The molecule has 1 unspecified atom stereocenters. The minimum atomic E-state index is -4.48. The molecule has 60 heavy (non-hydrogen) atoms. The van der Waals surface area contributed by atoms with Gasteiger partial charge in [0.25, 0.3) is 0 Å². The first-order valence-corrected chi connectivity index (χ1v) is 23.2. The molecule has 0 aliphatic heterocycles. The number of allylic oxidation sites excluding steroid dienone is 7. The Bertz CT molecular complexity index is 1540. The fourth-order valence-electron chi connectivity index (χ4n) is 5.81. The number of carbonyl (C=O) groups excluding carboxylic acids is 2. The summed E-state index contributed by atoms with van der Waals surface area (Å²) in [6.07, 6.45) is 23.8. The number of hydrogen-bond acceptors (Lipinski definition) is 11. The predicted octanol–water partition coefficient (Wildman–Crippen LogP) is 8.25. The summed E-state index contributed by atoms with van der Waals surface area (Å²) >= 11 is 0. The summed E-state index contributed by atoms with van der Waals surface area (Å²) < 4.78 is 40.2. The zero-order valence-electron chi connectivity index (χ0n) is 37.5. The predicted molar refractivity (Wildman–Crippen MR) is 236 cm³/mol. The summed E-state index contributed by atoms with van der Waals surface area (Å²) in [4.78, 5) is 35.5. The third-order valence-electron chi connectivity index (χ3n) is 9.58. The maximum Gasteiger partial charge on any atom is 0.472 e. The van der Waals surface area contributed by atoms with E-state index in [0.717, 1.165) is 69.3 Å². The van der Waals surface area contributed by atoms with Gasteiger partial charge in [-0.2, -0.15) is 0 Å². The van der Waals surface area contributed by atoms with Gasteiger partial charge < -0.3 is 38.6 Å². The van der Waals surface area contributed by atoms with Crippen molar-refractivity contribution in [1.29, 1.82) is 0 Å². The molecule has 0 aliphatic carbocycles. The van der Waals surface area contributed by atoms with Crippen LogP contribution in [0.1, 0.15) is 120 Å². The van der Waals surface area contributed by atoms with E-state index in [-0.39, 0.29) is 32.3 Å². The summed E-state index contributed by atoms with van der Waals surface area (Å²) in [5.74, 6) is 1.01. The van der Waals surface area contributed by atoms with Gasteiger partial charge in [-0.1, -0.05) is 100 Å². The Kier molecular flexibility index (Phi) is 29.0. The Hall–Kier alpha value is -3.13. The second kappa shape index (κ2) is 31.7. The molecule has 1 rings (SSSR count). The average Bonchev–Trinajstić information content (AvgIpc) is 3.44. The van der Waals surface area contributed by atoms with Gasteiger partial charge in [0.15, 0.2) is 6.10 Å². The van der Waals surface area contributed by atoms with Crippen molar-refractivity contribution in [3.63, 3.8) is 0 Å². The number of phosphoric acid groups is 1. The monoisotopic (exact) mass is 867 g/mol. The van der Waals surface area contributed by atoms with E-state index >= 15 is 0 Å². The molecule has 0 fully saturated rings. The topological polar surface area (TPSA) is 182 Å². The third-order valence-corrected chi connectivity index (χ3v) is 10.6. The largest absolute Gasteiger partial charge is 0.472 e. The van der Waals surface area contributed by atoms with Crippen molar-refractivity contribution >= 4 is 19.8 Å². The second-order valence-electron chi connectivity index (χ2n) is 16.1. The van der Waals surface area contributed by atoms with Crippen LogP contribution in [-0.4, -0.2) is 109 Å². The van der Waals surface area contributed by atoms with Crippen molar-refractivity contribution in [2.24, 2.45) is 0 Å². The number of phosphoric ester groups is 1. The van der Waals surface area contributed by atoms with Crippen LogP contribution in [0.15, 0.2) is 65.2 Å². The lowest BCUT2D eigenvalue weighted by atomic mass is 10.0. The summed E-state index contributed by atoms with van der Waals surface area (Å²) in [5.41, 5.74) is 2.52. The smallest absolute Gasteiger partial charge is 0.466 e. The van der Waals surface area contributed by atoms with Crippen molar-refractivity contribution in [2.75, 3.05) is 47.5 Å². The van der Waals surface area contributed by atoms with Gasteiger partial charge in [0.2, 0.25) is 0 Å². The molecule has 5 atom stereocenters. The van der Waals surface area contributed by atoms with E-state index in [1.54, 1.807) is 42.5 Å². The number of aryl methyl sites for hydroxylation is 2. The molecule has 0 amide bonds. The highest BCUT2D eigenvalue weighted by atomic mass is 31.2. The van der Waals surface area contributed by atoms with Crippen molar-refractivity contribution in [3.05, 3.63) is 83.4 Å². The Labute approximate surface area is 360 Å². The van der Waals surface area contributed by atoms with Crippen molar-refractivity contribution in [2.45, 2.75) is 148 Å². The highest BCUT2D eigenvalue weighted by Crippen LogP contribution is 2.43. The normalized spacial score (nSPS) is 15.7. The Morgan fingerprint density at radius 2 is 1.35 bits per heavy atom. The number of furan rings is 1. The minimum absolute atomic E-state index is 0.0365. The molecule has 0 radical (unpaired) electrons. The Balaban J connectivity index is 2.53. The molecular weight excluding hydrogens is 789 g/mol. The number of carbonyl (C=O) groups is 2. The SMILES string of the molecule is CC/C=C\C[C@@H](O)/C=C/C=C/C=C\C=C/[C@H](O)[C@@H](O)CCCC(=O)OC[C@H](COP(=O)(O)OCC[N+](C)(C)C)OC(=O)CCCCCCCCc1oc(CCC)c(C)c1C. The molecule has 0 saturated carbocycles. The maximum atomic E-state index is 12.8. The molecule has 1 heterocycles. The standard InChI is InChI=1S/C46H76NO12P/c1-8-10-19-26-39(48)27-20-15-11-12-16-21-28-41(49)42(50)29-24-32-45(51)55-35-40(36-57-60(53,54)56-34-33-47(5,6)7)58-46(52)31-23-18-14-13-17-22-30-44-38(4)37(3)43(59-44)25-9-2/h10-12,15-16,19-21,27-28,39-42,48-50H,8-9,13-14,17-18,22-26,29-36H2,1-7H3/p+1/b15-11+,16-12-,19-10-,27-20+,28-21-/t39-,40-,41+,42+/m1/s1. The van der Waals surface area contributed by atoms with Crippen molar-refractivity contribution < 1.29 is 61.8 Å². The second-order valence-corrected chi connectivity index (χ2v) is 17.6. The molecule has 0 bridgehead atoms. The number of hydrogen-bond donors (Lipinski definition) is 4. The molecule has 0 aromatic carbocycles. The van der Waals surface area contributed by atoms with Crippen LogP contribution in [0, 0.1) is 13.8 Å². The van der Waals surface area contributed by atoms with Gasteiger partial charge in [0.1, 0.15) is 31.3 Å². The van der Waals surface area contributed by atoms with Gasteiger partial charge in [-0.3, -0.25) is 18.6 Å². The molecule has 13 nitrogen and oxygen atoms in total. The van der Waals surface area contributed by atoms with Gasteiger partial charge in [-0.05, 0) is 69.9 Å². The molecule has 4 N–H and O–H groups in total. The quantitative estimate of drug-likeness (QED) is 0.0130. The van der Waals surface area contributed by atoms with Crippen LogP contribution in [0.3, 0.4) is 0 Å². The lowest BCUT2D eigenvalue weighted by Crippen LogP contribution is -2.37. The first-order chi connectivity index (χ1) is 28.5. The van der Waals surface area contributed by atoms with Crippen LogP contribution in [0.2, 0.25) is 0 Å². The Morgan fingerprint density at radius 3 is 2.00 bits per heavy atom. The highest BCUT2D eigenvalue weighted by molar-refractivity contribution is 7.47. The average molecular weight is 867 g/mol. The number of likely N-dealkylation sites (N-methyl/N-ethyl adjacent to an activating group) is 1. The van der Waals surface area contributed by atoms with Crippen LogP contribution >= 0.6 is 7.82 Å². The van der Waals surface area contributed by atoms with Crippen molar-refractivity contribution in [3.8, 4) is 0 Å². The summed E-state index contributed by atoms with van der Waals surface area (Å²) in [6, 6.07) is 0. The number of aliphatic hydroxyl groups excluding tert-OH is 3. The van der Waals surface area contributed by atoms with Gasteiger partial charge in [0.05, 0.1) is 46.1 Å². The van der Waals surface area contributed by atoms with Gasteiger partial charge in [0, 0.05) is 25.7 Å². The molecule has 1 aromatic rings. The number of unbranched alkanes of at least 4 members (excludes halogenated alkanes) is 5. The lowest BCUT2D eigenvalue weighted by molar-refractivity contribution is -0.870. The molecule has 342 valence electrons. The van der Waals surface area contributed by atoms with Gasteiger partial charge in [-0.15, -0.1) is 0 Å². The van der Waals surface area contributed by atoms with Crippen LogP contribution < -0.4 is 0 Å². The van der Waals surface area contributed by atoms with E-state index in [0.29, 0.717) is 23.9 Å². The number of rotatable bonds is 34. The number of quaternary nitrogens is 1. The number of esters is 2. The van der Waals surface area contributed by atoms with E-state index in [9.17, 15) is 34.4 Å². The molecule has 0 spiro atoms. The van der Waals surface area contributed by atoms with E-state index in [1.165, 1.54) is 17.2 Å². The molecule has 1 aromatic heterocycles. The Morgan fingerprint density at radius 1 is 0.750 bits per heavy atom. The third kappa shape index (κ3) is 27.7. The number of nitrogens with zero attached hydrogens (tertiary/aromatic N) is 1. The lowest BCUT2D eigenvalue weighted by Gasteiger charge is -2.24. The summed E-state index contributed by atoms with van der Waals surface area (Å²) in [5, 5.41) is 30.5. The van der Waals surface area contributed by atoms with Crippen LogP contribution in [0.25, 0.3) is 0 Å². The summed E-state index contributed by atoms with van der Waals surface area (Å²) in [7, 11) is 1.24. The first kappa shape index (κ1) is 54.9. The van der Waals surface area contributed by atoms with Crippen LogP contribution in [0.5, 0.6) is 0 Å². The van der Waals surface area contributed by atoms with Crippen LogP contribution in [0.4, 0.5) is 0 Å². The van der Waals surface area contributed by atoms with Gasteiger partial charge >= 0.3 is 19.8 Å². The van der Waals surface area contributed by atoms with E-state index in [4.69, 9.17) is 22.9 Å². The highest BCUT2D eigenvalue weighted by Gasteiger charge is 2.27. The van der Waals surface area contributed by atoms with E-state index in [2.05, 4.69) is 20.8 Å². The van der Waals surface area contributed by atoms with Crippen molar-refractivity contribution in [1.82, 2.24) is 0 Å². The maximum absolute atomic E-state index is 12.8. The number of ether oxygens (including phenoxy) is 2. The van der Waals surface area contributed by atoms with E-state index < -0.39 is 57.4 Å². The van der Waals surface area contributed by atoms with Gasteiger partial charge in [-0.25, -0.2) is 4.57 Å². The van der Waals surface area contributed by atoms with Crippen LogP contribution in [-0.2, 0) is 45.5 Å². The number of aliphatic hydroxyl groups is 3.